The molecule has 2 aliphatic rings. The average molecular weight is 371 g/mol. The summed E-state index contributed by atoms with van der Waals surface area (Å²) >= 11 is 0. The number of rotatable bonds is 6. The van der Waals surface area contributed by atoms with E-state index in [4.69, 9.17) is 9.47 Å². The number of benzene rings is 1. The Morgan fingerprint density at radius 2 is 2.04 bits per heavy atom. The molecule has 3 amide bonds. The van der Waals surface area contributed by atoms with Gasteiger partial charge in [0, 0.05) is 18.2 Å². The minimum absolute atomic E-state index is 0.0247. The summed E-state index contributed by atoms with van der Waals surface area (Å²) < 4.78 is 10.8. The molecule has 0 aliphatic carbocycles. The molecule has 1 N–H and O–H groups in total. The minimum Gasteiger partial charge on any atom is -0.497 e. The van der Waals surface area contributed by atoms with Crippen LogP contribution in [-0.2, 0) is 4.79 Å². The van der Waals surface area contributed by atoms with Crippen molar-refractivity contribution >= 4 is 11.9 Å². The Kier molecular flexibility index (Phi) is 5.12. The number of hydrogen-bond acceptors (Lipinski definition) is 4. The third kappa shape index (κ3) is 3.13. The quantitative estimate of drug-likeness (QED) is 0.780. The second kappa shape index (κ2) is 7.34. The molecular weight excluding hydrogens is 346 g/mol. The smallest absolute Gasteiger partial charge is 0.322 e. The van der Waals surface area contributed by atoms with E-state index in [0.29, 0.717) is 41.4 Å². The van der Waals surface area contributed by atoms with Crippen LogP contribution in [0, 0.1) is 0 Å². The van der Waals surface area contributed by atoms with Crippen LogP contribution in [0.2, 0.25) is 0 Å². The second-order valence-electron chi connectivity index (χ2n) is 6.78. The maximum absolute atomic E-state index is 13.2. The van der Waals surface area contributed by atoms with Gasteiger partial charge in [-0.05, 0) is 32.0 Å². The molecule has 144 valence electrons. The normalized spacial score (nSPS) is 19.4. The Balaban J connectivity index is 2.15. The van der Waals surface area contributed by atoms with Crippen LogP contribution in [0.5, 0.6) is 11.5 Å². The number of amides is 3. The van der Waals surface area contributed by atoms with Gasteiger partial charge in [-0.25, -0.2) is 4.79 Å². The molecule has 3 rings (SSSR count). The Hall–Kier alpha value is -2.96. The number of carbonyl (C=O) groups is 2. The highest BCUT2D eigenvalue weighted by atomic mass is 16.5. The van der Waals surface area contributed by atoms with Crippen LogP contribution in [-0.4, -0.2) is 55.1 Å². The lowest BCUT2D eigenvalue weighted by atomic mass is 9.94. The van der Waals surface area contributed by atoms with Crippen LogP contribution in [0.3, 0.4) is 0 Å². The third-order valence-corrected chi connectivity index (χ3v) is 4.93. The van der Waals surface area contributed by atoms with Gasteiger partial charge in [0.1, 0.15) is 11.5 Å². The fourth-order valence-electron chi connectivity index (χ4n) is 3.55. The average Bonchev–Trinajstić information content (AvgIpc) is 3.01. The van der Waals surface area contributed by atoms with Crippen LogP contribution in [0.25, 0.3) is 0 Å². The summed E-state index contributed by atoms with van der Waals surface area (Å²) in [6, 6.07) is 4.51. The van der Waals surface area contributed by atoms with E-state index < -0.39 is 6.04 Å². The van der Waals surface area contributed by atoms with Crippen molar-refractivity contribution in [3.8, 4) is 11.5 Å². The first-order chi connectivity index (χ1) is 12.9. The number of ether oxygens (including phenoxy) is 2. The van der Waals surface area contributed by atoms with E-state index in [1.165, 1.54) is 0 Å². The summed E-state index contributed by atoms with van der Waals surface area (Å²) in [5, 5.41) is 2.95. The van der Waals surface area contributed by atoms with Gasteiger partial charge in [0.25, 0.3) is 5.91 Å². The summed E-state index contributed by atoms with van der Waals surface area (Å²) in [5.41, 5.74) is 1.97. The molecule has 0 aromatic heterocycles. The molecule has 0 saturated carbocycles. The maximum Gasteiger partial charge on any atom is 0.322 e. The molecule has 1 atom stereocenters. The predicted molar refractivity (Wildman–Crippen MR) is 102 cm³/mol. The number of hydrogen-bond donors (Lipinski definition) is 1. The Morgan fingerprint density at radius 1 is 1.30 bits per heavy atom. The summed E-state index contributed by atoms with van der Waals surface area (Å²) in [6.45, 7) is 8.39. The highest BCUT2D eigenvalue weighted by Gasteiger charge is 2.45. The second-order valence-corrected chi connectivity index (χ2v) is 6.78. The van der Waals surface area contributed by atoms with Crippen LogP contribution >= 0.6 is 0 Å². The summed E-state index contributed by atoms with van der Waals surface area (Å²) in [7, 11) is 3.13. The van der Waals surface area contributed by atoms with Crippen LogP contribution in [0.15, 0.2) is 42.1 Å². The van der Waals surface area contributed by atoms with Crippen molar-refractivity contribution in [3.63, 3.8) is 0 Å². The highest BCUT2D eigenvalue weighted by Crippen LogP contribution is 2.41. The van der Waals surface area contributed by atoms with Gasteiger partial charge in [0.05, 0.1) is 38.1 Å². The molecule has 0 fully saturated rings. The molecule has 0 bridgehead atoms. The number of nitrogens with one attached hydrogen (secondary N) is 1. The van der Waals surface area contributed by atoms with E-state index in [1.807, 2.05) is 13.8 Å². The molecule has 0 saturated heterocycles. The van der Waals surface area contributed by atoms with E-state index in [0.717, 1.165) is 0 Å². The van der Waals surface area contributed by atoms with Gasteiger partial charge in [0.15, 0.2) is 0 Å². The maximum atomic E-state index is 13.2. The Bertz CT molecular complexity index is 815. The van der Waals surface area contributed by atoms with Gasteiger partial charge in [-0.1, -0.05) is 6.08 Å². The molecule has 1 aromatic rings. The lowest BCUT2D eigenvalue weighted by molar-refractivity contribution is -0.127. The third-order valence-electron chi connectivity index (χ3n) is 4.93. The molecule has 2 aliphatic heterocycles. The number of methoxy groups -OCH3 is 2. The fourth-order valence-corrected chi connectivity index (χ4v) is 3.55. The van der Waals surface area contributed by atoms with Gasteiger partial charge in [-0.3, -0.25) is 9.69 Å². The predicted octanol–water partition coefficient (Wildman–Crippen LogP) is 2.46. The fraction of sp³-hybridized carbons (Fsp3) is 0.400. The lowest BCUT2D eigenvalue weighted by Crippen LogP contribution is -2.47. The first-order valence-corrected chi connectivity index (χ1v) is 8.87. The van der Waals surface area contributed by atoms with Gasteiger partial charge < -0.3 is 19.7 Å². The zero-order valence-electron chi connectivity index (χ0n) is 16.1. The largest absolute Gasteiger partial charge is 0.497 e. The summed E-state index contributed by atoms with van der Waals surface area (Å²) in [5.74, 6) is 1.13. The zero-order valence-corrected chi connectivity index (χ0v) is 16.1. The van der Waals surface area contributed by atoms with E-state index >= 15 is 0 Å². The topological polar surface area (TPSA) is 71.1 Å². The first-order valence-electron chi connectivity index (χ1n) is 8.87. The van der Waals surface area contributed by atoms with Crippen molar-refractivity contribution in [2.45, 2.75) is 25.9 Å². The first kappa shape index (κ1) is 18.8. The molecule has 1 aromatic carbocycles. The van der Waals surface area contributed by atoms with Gasteiger partial charge in [-0.15, -0.1) is 6.58 Å². The molecule has 0 spiro atoms. The van der Waals surface area contributed by atoms with Gasteiger partial charge in [-0.2, -0.15) is 0 Å². The molecule has 27 heavy (non-hydrogen) atoms. The SMILES string of the molecule is C=CCN1C(=O)N[C@@H](c2cc(OC)ccc2OC)C2=C1CN(C(C)C)C2=O. The number of urea groups is 1. The van der Waals surface area contributed by atoms with Crippen molar-refractivity contribution in [2.24, 2.45) is 0 Å². The van der Waals surface area contributed by atoms with Crippen LogP contribution in [0.4, 0.5) is 4.79 Å². The number of nitrogens with zero attached hydrogens (tertiary/aromatic N) is 2. The summed E-state index contributed by atoms with van der Waals surface area (Å²) in [4.78, 5) is 29.3. The Morgan fingerprint density at radius 3 is 2.63 bits per heavy atom. The molecule has 7 heteroatoms. The van der Waals surface area contributed by atoms with E-state index in [-0.39, 0.29) is 18.0 Å². The molecule has 0 radical (unpaired) electrons. The zero-order chi connectivity index (χ0) is 19.7. The Labute approximate surface area is 159 Å². The molecule has 0 unspecified atom stereocenters. The summed E-state index contributed by atoms with van der Waals surface area (Å²) in [6.07, 6.45) is 1.65. The molecular formula is C20H25N3O4. The van der Waals surface area contributed by atoms with Crippen LogP contribution in [0.1, 0.15) is 25.5 Å². The molecule has 2 heterocycles. The van der Waals surface area contributed by atoms with Gasteiger partial charge >= 0.3 is 6.03 Å². The van der Waals surface area contributed by atoms with Crippen molar-refractivity contribution in [3.05, 3.63) is 47.7 Å². The van der Waals surface area contributed by atoms with E-state index in [9.17, 15) is 9.59 Å². The lowest BCUT2D eigenvalue weighted by Gasteiger charge is -2.33. The minimum atomic E-state index is -0.602. The van der Waals surface area contributed by atoms with Crippen molar-refractivity contribution < 1.29 is 19.1 Å². The van der Waals surface area contributed by atoms with Crippen molar-refractivity contribution in [1.82, 2.24) is 15.1 Å². The van der Waals surface area contributed by atoms with Crippen molar-refractivity contribution in [1.29, 1.82) is 0 Å². The highest BCUT2D eigenvalue weighted by molar-refractivity contribution is 6.01. The monoisotopic (exact) mass is 371 g/mol. The van der Waals surface area contributed by atoms with Crippen molar-refractivity contribution in [2.75, 3.05) is 27.3 Å². The van der Waals surface area contributed by atoms with E-state index in [2.05, 4.69) is 11.9 Å². The number of carbonyl (C=O) groups excluding carboxylic acids is 2. The van der Waals surface area contributed by atoms with Crippen LogP contribution < -0.4 is 14.8 Å². The van der Waals surface area contributed by atoms with E-state index in [1.54, 1.807) is 48.3 Å². The molecule has 7 nitrogen and oxygen atoms in total. The van der Waals surface area contributed by atoms with Gasteiger partial charge in [0.2, 0.25) is 0 Å². The standard InChI is InChI=1S/C20H25N3O4/c1-6-9-22-15-11-23(12(2)3)19(24)17(15)18(21-20(22)25)14-10-13(26-4)7-8-16(14)27-5/h6-8,10,12,18H,1,9,11H2,2-5H3,(H,21,25)/t18-/m0/s1.